The molecule has 0 aliphatic heterocycles. The molecule has 3 aromatic rings. The van der Waals surface area contributed by atoms with Crippen LogP contribution in [0.3, 0.4) is 0 Å². The fourth-order valence-electron chi connectivity index (χ4n) is 2.18. The maximum atomic E-state index is 13.4. The van der Waals surface area contributed by atoms with Gasteiger partial charge in [0.25, 0.3) is 0 Å². The monoisotopic (exact) mass is 323 g/mol. The Labute approximate surface area is 131 Å². The molecule has 0 saturated heterocycles. The molecule has 2 nitrogen and oxygen atoms in total. The Bertz CT molecular complexity index is 744. The first-order valence-corrected chi connectivity index (χ1v) is 7.20. The van der Waals surface area contributed by atoms with Gasteiger partial charge < -0.3 is 9.73 Å². The lowest BCUT2D eigenvalue weighted by Gasteiger charge is -2.13. The molecule has 1 unspecified atom stereocenters. The van der Waals surface area contributed by atoms with Crippen LogP contribution >= 0.6 is 23.2 Å². The molecule has 1 aromatic heterocycles. The summed E-state index contributed by atoms with van der Waals surface area (Å²) in [5, 5.41) is 4.21. The molecule has 0 aliphatic rings. The quantitative estimate of drug-likeness (QED) is 0.593. The van der Waals surface area contributed by atoms with Gasteiger partial charge in [0.15, 0.2) is 5.82 Å². The average molecular weight is 324 g/mol. The lowest BCUT2D eigenvalue weighted by molar-refractivity contribution is 0.526. The van der Waals surface area contributed by atoms with E-state index in [2.05, 4.69) is 5.32 Å². The van der Waals surface area contributed by atoms with Gasteiger partial charge >= 0.3 is 0 Å². The van der Waals surface area contributed by atoms with Gasteiger partial charge in [0, 0.05) is 11.1 Å². The molecule has 108 valence electrons. The van der Waals surface area contributed by atoms with Gasteiger partial charge in [-0.1, -0.05) is 41.4 Å². The highest BCUT2D eigenvalue weighted by atomic mass is 35.5. The Balaban J connectivity index is 1.87. The van der Waals surface area contributed by atoms with Gasteiger partial charge in [-0.3, -0.25) is 0 Å². The SMILES string of the molecule is CC(Nc1cc(Cl)c(F)c(Cl)c1)c1cc2ccccc2o1. The average Bonchev–Trinajstić information content (AvgIpc) is 2.88. The Morgan fingerprint density at radius 3 is 2.43 bits per heavy atom. The van der Waals surface area contributed by atoms with Crippen LogP contribution in [0.1, 0.15) is 18.7 Å². The summed E-state index contributed by atoms with van der Waals surface area (Å²) in [7, 11) is 0. The topological polar surface area (TPSA) is 25.2 Å². The first-order valence-electron chi connectivity index (χ1n) is 6.44. The molecular formula is C16H12Cl2FNO. The molecule has 0 bridgehead atoms. The number of hydrogen-bond acceptors (Lipinski definition) is 2. The van der Waals surface area contributed by atoms with Gasteiger partial charge in [-0.25, -0.2) is 4.39 Å². The van der Waals surface area contributed by atoms with Crippen LogP contribution in [-0.4, -0.2) is 0 Å². The van der Waals surface area contributed by atoms with Crippen LogP contribution in [0.2, 0.25) is 10.0 Å². The lowest BCUT2D eigenvalue weighted by atomic mass is 10.2. The third-order valence-corrected chi connectivity index (χ3v) is 3.79. The molecule has 5 heteroatoms. The van der Waals surface area contributed by atoms with Crippen molar-refractivity contribution in [1.29, 1.82) is 0 Å². The standard InChI is InChI=1S/C16H12Cl2FNO/c1-9(15-6-10-4-2-3-5-14(10)21-15)20-11-7-12(17)16(19)13(18)8-11/h2-9,20H,1H3. The zero-order valence-electron chi connectivity index (χ0n) is 11.2. The highest BCUT2D eigenvalue weighted by Crippen LogP contribution is 2.31. The highest BCUT2D eigenvalue weighted by molar-refractivity contribution is 6.35. The van der Waals surface area contributed by atoms with Crippen LogP contribution < -0.4 is 5.32 Å². The lowest BCUT2D eigenvalue weighted by Crippen LogP contribution is -2.05. The van der Waals surface area contributed by atoms with E-state index in [0.29, 0.717) is 5.69 Å². The molecule has 0 radical (unpaired) electrons. The summed E-state index contributed by atoms with van der Waals surface area (Å²) in [5.41, 5.74) is 1.47. The maximum Gasteiger partial charge on any atom is 0.160 e. The van der Waals surface area contributed by atoms with Crippen molar-refractivity contribution in [3.8, 4) is 0 Å². The van der Waals surface area contributed by atoms with Gasteiger partial charge in [0.2, 0.25) is 0 Å². The van der Waals surface area contributed by atoms with Crippen LogP contribution in [0.25, 0.3) is 11.0 Å². The summed E-state index contributed by atoms with van der Waals surface area (Å²) in [5.74, 6) is 0.174. The van der Waals surface area contributed by atoms with E-state index in [4.69, 9.17) is 27.6 Å². The van der Waals surface area contributed by atoms with Gasteiger partial charge in [0.05, 0.1) is 16.1 Å². The Morgan fingerprint density at radius 2 is 1.76 bits per heavy atom. The van der Waals surface area contributed by atoms with E-state index in [1.54, 1.807) is 0 Å². The van der Waals surface area contributed by atoms with Crippen molar-refractivity contribution in [1.82, 2.24) is 0 Å². The van der Waals surface area contributed by atoms with Crippen molar-refractivity contribution in [3.05, 3.63) is 64.1 Å². The number of nitrogens with one attached hydrogen (secondary N) is 1. The van der Waals surface area contributed by atoms with E-state index in [1.165, 1.54) is 12.1 Å². The first-order chi connectivity index (χ1) is 10.0. The molecule has 0 aliphatic carbocycles. The Morgan fingerprint density at radius 1 is 1.10 bits per heavy atom. The minimum Gasteiger partial charge on any atom is -0.459 e. The van der Waals surface area contributed by atoms with Crippen molar-refractivity contribution in [2.45, 2.75) is 13.0 Å². The fraction of sp³-hybridized carbons (Fsp3) is 0.125. The Hall–Kier alpha value is -1.71. The molecule has 1 heterocycles. The second kappa shape index (κ2) is 5.58. The third-order valence-electron chi connectivity index (χ3n) is 3.24. The van der Waals surface area contributed by atoms with E-state index < -0.39 is 5.82 Å². The van der Waals surface area contributed by atoms with Gasteiger partial charge in [-0.2, -0.15) is 0 Å². The summed E-state index contributed by atoms with van der Waals surface area (Å²) in [6.45, 7) is 1.95. The summed E-state index contributed by atoms with van der Waals surface area (Å²) < 4.78 is 19.2. The summed E-state index contributed by atoms with van der Waals surface area (Å²) >= 11 is 11.6. The van der Waals surface area contributed by atoms with Crippen molar-refractivity contribution < 1.29 is 8.81 Å². The fourth-order valence-corrected chi connectivity index (χ4v) is 2.66. The number of fused-ring (bicyclic) bond motifs is 1. The molecule has 0 spiro atoms. The number of anilines is 1. The minimum atomic E-state index is -0.611. The molecule has 1 atom stereocenters. The number of hydrogen-bond donors (Lipinski definition) is 1. The van der Waals surface area contributed by atoms with E-state index in [9.17, 15) is 4.39 Å². The number of para-hydroxylation sites is 1. The normalized spacial score (nSPS) is 12.6. The van der Waals surface area contributed by atoms with Crippen LogP contribution in [0.5, 0.6) is 0 Å². The second-order valence-corrected chi connectivity index (χ2v) is 5.62. The zero-order valence-corrected chi connectivity index (χ0v) is 12.7. The van der Waals surface area contributed by atoms with Gasteiger partial charge in [0.1, 0.15) is 11.3 Å². The summed E-state index contributed by atoms with van der Waals surface area (Å²) in [6.07, 6.45) is 0. The smallest absolute Gasteiger partial charge is 0.160 e. The predicted molar refractivity (Wildman–Crippen MR) is 84.7 cm³/mol. The molecule has 21 heavy (non-hydrogen) atoms. The van der Waals surface area contributed by atoms with E-state index in [-0.39, 0.29) is 16.1 Å². The van der Waals surface area contributed by atoms with Crippen molar-refractivity contribution in [2.75, 3.05) is 5.32 Å². The van der Waals surface area contributed by atoms with Gasteiger partial charge in [-0.15, -0.1) is 0 Å². The van der Waals surface area contributed by atoms with E-state index in [0.717, 1.165) is 16.7 Å². The largest absolute Gasteiger partial charge is 0.459 e. The number of furan rings is 1. The van der Waals surface area contributed by atoms with Crippen LogP contribution in [0.15, 0.2) is 46.9 Å². The van der Waals surface area contributed by atoms with Crippen molar-refractivity contribution in [2.24, 2.45) is 0 Å². The molecule has 0 saturated carbocycles. The minimum absolute atomic E-state index is 0.0122. The Kier molecular flexibility index (Phi) is 3.79. The maximum absolute atomic E-state index is 13.4. The molecule has 2 aromatic carbocycles. The van der Waals surface area contributed by atoms with Crippen molar-refractivity contribution >= 4 is 39.9 Å². The van der Waals surface area contributed by atoms with Crippen molar-refractivity contribution in [3.63, 3.8) is 0 Å². The van der Waals surface area contributed by atoms with Crippen LogP contribution in [0.4, 0.5) is 10.1 Å². The third kappa shape index (κ3) is 2.85. The molecule has 0 fully saturated rings. The van der Waals surface area contributed by atoms with E-state index >= 15 is 0 Å². The number of benzene rings is 2. The van der Waals surface area contributed by atoms with Crippen LogP contribution in [0, 0.1) is 5.82 Å². The second-order valence-electron chi connectivity index (χ2n) is 4.81. The summed E-state index contributed by atoms with van der Waals surface area (Å²) in [4.78, 5) is 0. The zero-order chi connectivity index (χ0) is 15.0. The molecular weight excluding hydrogens is 312 g/mol. The predicted octanol–water partition coefficient (Wildman–Crippen LogP) is 6.05. The molecule has 0 amide bonds. The number of halogens is 3. The van der Waals surface area contributed by atoms with Gasteiger partial charge in [-0.05, 0) is 31.2 Å². The highest BCUT2D eigenvalue weighted by Gasteiger charge is 2.13. The molecule has 3 rings (SSSR count). The molecule has 1 N–H and O–H groups in total. The van der Waals surface area contributed by atoms with Crippen LogP contribution in [-0.2, 0) is 0 Å². The first kappa shape index (κ1) is 14.2. The van der Waals surface area contributed by atoms with E-state index in [1.807, 2.05) is 37.3 Å². The number of rotatable bonds is 3. The summed E-state index contributed by atoms with van der Waals surface area (Å²) in [6, 6.07) is 12.7.